The summed E-state index contributed by atoms with van der Waals surface area (Å²) in [6, 6.07) is 21.1. The third-order valence-corrected chi connectivity index (χ3v) is 4.03. The predicted molar refractivity (Wildman–Crippen MR) is 91.2 cm³/mol. The molecule has 0 atom stereocenters. The van der Waals surface area contributed by atoms with Crippen LogP contribution in [0.15, 0.2) is 66.7 Å². The molecule has 4 rings (SSSR count). The lowest BCUT2D eigenvalue weighted by molar-refractivity contribution is 0.389. The van der Waals surface area contributed by atoms with Crippen molar-refractivity contribution < 1.29 is 9.13 Å². The maximum absolute atomic E-state index is 15.0. The number of aromatic nitrogens is 1. The van der Waals surface area contributed by atoms with Crippen molar-refractivity contribution >= 4 is 21.8 Å². The van der Waals surface area contributed by atoms with E-state index in [9.17, 15) is 4.39 Å². The molecule has 0 saturated heterocycles. The lowest BCUT2D eigenvalue weighted by atomic mass is 9.95. The van der Waals surface area contributed by atoms with Crippen LogP contribution >= 0.6 is 0 Å². The van der Waals surface area contributed by atoms with Crippen LogP contribution in [0.1, 0.15) is 0 Å². The highest BCUT2D eigenvalue weighted by Crippen LogP contribution is 2.38. The topological polar surface area (TPSA) is 22.1 Å². The lowest BCUT2D eigenvalue weighted by Crippen LogP contribution is -1.95. The first-order chi connectivity index (χ1) is 11.3. The van der Waals surface area contributed by atoms with Crippen molar-refractivity contribution in [1.82, 2.24) is 4.98 Å². The first-order valence-corrected chi connectivity index (χ1v) is 7.40. The van der Waals surface area contributed by atoms with Crippen molar-refractivity contribution in [3.05, 3.63) is 72.5 Å². The van der Waals surface area contributed by atoms with E-state index in [1.165, 1.54) is 7.11 Å². The van der Waals surface area contributed by atoms with Crippen LogP contribution in [0.4, 0.5) is 4.39 Å². The molecule has 0 unspecified atom stereocenters. The van der Waals surface area contributed by atoms with Gasteiger partial charge in [-0.2, -0.15) is 0 Å². The molecule has 0 aliphatic rings. The summed E-state index contributed by atoms with van der Waals surface area (Å²) in [4.78, 5) is 4.60. The number of halogens is 1. The minimum atomic E-state index is -0.373. The van der Waals surface area contributed by atoms with E-state index in [-0.39, 0.29) is 11.6 Å². The van der Waals surface area contributed by atoms with Crippen molar-refractivity contribution in [3.8, 4) is 16.9 Å². The molecule has 0 saturated carbocycles. The summed E-state index contributed by atoms with van der Waals surface area (Å²) in [5, 5.41) is 1.42. The number of pyridine rings is 1. The van der Waals surface area contributed by atoms with Gasteiger partial charge in [-0.25, -0.2) is 9.37 Å². The Hall–Kier alpha value is -2.94. The predicted octanol–water partition coefficient (Wildman–Crippen LogP) is 5.20. The van der Waals surface area contributed by atoms with E-state index in [1.54, 1.807) is 12.1 Å². The number of ether oxygens (including phenoxy) is 1. The van der Waals surface area contributed by atoms with Crippen molar-refractivity contribution in [1.29, 1.82) is 0 Å². The largest absolute Gasteiger partial charge is 0.494 e. The van der Waals surface area contributed by atoms with Gasteiger partial charge in [-0.3, -0.25) is 0 Å². The zero-order valence-corrected chi connectivity index (χ0v) is 12.6. The second kappa shape index (κ2) is 5.36. The van der Waals surface area contributed by atoms with E-state index >= 15 is 0 Å². The summed E-state index contributed by atoms with van der Waals surface area (Å²) >= 11 is 0. The van der Waals surface area contributed by atoms with Gasteiger partial charge in [0.05, 0.1) is 18.1 Å². The van der Waals surface area contributed by atoms with Crippen LogP contribution in [0.5, 0.6) is 5.75 Å². The van der Waals surface area contributed by atoms with Crippen LogP contribution in [0.2, 0.25) is 0 Å². The summed E-state index contributed by atoms with van der Waals surface area (Å²) in [6.07, 6.45) is 0. The van der Waals surface area contributed by atoms with Gasteiger partial charge in [0, 0.05) is 16.3 Å². The Balaban J connectivity index is 2.25. The fourth-order valence-electron chi connectivity index (χ4n) is 2.99. The zero-order chi connectivity index (χ0) is 15.8. The van der Waals surface area contributed by atoms with Gasteiger partial charge in [-0.15, -0.1) is 0 Å². The van der Waals surface area contributed by atoms with Crippen molar-refractivity contribution in [2.45, 2.75) is 0 Å². The summed E-state index contributed by atoms with van der Waals surface area (Å²) < 4.78 is 20.1. The molecule has 0 aliphatic heterocycles. The maximum Gasteiger partial charge on any atom is 0.175 e. The maximum atomic E-state index is 15.0. The summed E-state index contributed by atoms with van der Waals surface area (Å²) in [7, 11) is 1.47. The van der Waals surface area contributed by atoms with E-state index in [0.717, 1.165) is 22.0 Å². The highest BCUT2D eigenvalue weighted by molar-refractivity contribution is 6.10. The van der Waals surface area contributed by atoms with E-state index < -0.39 is 0 Å². The molecule has 0 spiro atoms. The third-order valence-electron chi connectivity index (χ3n) is 4.03. The molecule has 112 valence electrons. The quantitative estimate of drug-likeness (QED) is 0.475. The number of nitrogens with zero attached hydrogens (tertiary/aromatic N) is 1. The van der Waals surface area contributed by atoms with Gasteiger partial charge in [0.25, 0.3) is 0 Å². The summed E-state index contributed by atoms with van der Waals surface area (Å²) in [6.45, 7) is 0. The van der Waals surface area contributed by atoms with Crippen LogP contribution in [-0.4, -0.2) is 12.1 Å². The number of fused-ring (bicyclic) bond motifs is 2. The molecule has 2 nitrogen and oxygen atoms in total. The van der Waals surface area contributed by atoms with E-state index in [2.05, 4.69) is 4.98 Å². The van der Waals surface area contributed by atoms with Gasteiger partial charge in [0.1, 0.15) is 0 Å². The van der Waals surface area contributed by atoms with E-state index in [0.29, 0.717) is 10.9 Å². The van der Waals surface area contributed by atoms with Crippen LogP contribution in [0.3, 0.4) is 0 Å². The van der Waals surface area contributed by atoms with Gasteiger partial charge < -0.3 is 4.74 Å². The molecule has 0 bridgehead atoms. The Labute approximate surface area is 133 Å². The average molecular weight is 303 g/mol. The lowest BCUT2D eigenvalue weighted by Gasteiger charge is -2.13. The van der Waals surface area contributed by atoms with Gasteiger partial charge in [0.2, 0.25) is 0 Å². The molecule has 0 N–H and O–H groups in total. The zero-order valence-electron chi connectivity index (χ0n) is 12.6. The van der Waals surface area contributed by atoms with Crippen molar-refractivity contribution in [3.63, 3.8) is 0 Å². The number of methoxy groups -OCH3 is 1. The van der Waals surface area contributed by atoms with Crippen LogP contribution < -0.4 is 4.74 Å². The third kappa shape index (κ3) is 2.13. The van der Waals surface area contributed by atoms with Gasteiger partial charge in [-0.1, -0.05) is 48.5 Å². The number of benzene rings is 3. The molecule has 3 aromatic carbocycles. The minimum Gasteiger partial charge on any atom is -0.494 e. The number of hydrogen-bond acceptors (Lipinski definition) is 2. The SMILES string of the molecule is COc1ccc2nc3ccccc3c(-c3ccccc3)c2c1F. The van der Waals surface area contributed by atoms with Gasteiger partial charge in [-0.05, 0) is 23.8 Å². The first kappa shape index (κ1) is 13.7. The molecule has 1 heterocycles. The highest BCUT2D eigenvalue weighted by atomic mass is 19.1. The molecule has 4 aromatic rings. The molecule has 0 fully saturated rings. The second-order valence-corrected chi connectivity index (χ2v) is 5.35. The monoisotopic (exact) mass is 303 g/mol. The van der Waals surface area contributed by atoms with E-state index in [4.69, 9.17) is 4.74 Å². The summed E-state index contributed by atoms with van der Waals surface area (Å²) in [5.74, 6) is -0.145. The minimum absolute atomic E-state index is 0.228. The van der Waals surface area contributed by atoms with E-state index in [1.807, 2.05) is 54.6 Å². The molecule has 0 aliphatic carbocycles. The summed E-state index contributed by atoms with van der Waals surface area (Å²) in [5.41, 5.74) is 3.29. The Morgan fingerprint density at radius 1 is 0.826 bits per heavy atom. The van der Waals surface area contributed by atoms with Crippen molar-refractivity contribution in [2.24, 2.45) is 0 Å². The molecule has 3 heteroatoms. The molecule has 1 aromatic heterocycles. The van der Waals surface area contributed by atoms with Crippen molar-refractivity contribution in [2.75, 3.05) is 7.11 Å². The first-order valence-electron chi connectivity index (χ1n) is 7.40. The Kier molecular flexibility index (Phi) is 3.19. The second-order valence-electron chi connectivity index (χ2n) is 5.35. The highest BCUT2D eigenvalue weighted by Gasteiger charge is 2.17. The molecule has 23 heavy (non-hydrogen) atoms. The van der Waals surface area contributed by atoms with Gasteiger partial charge in [0.15, 0.2) is 11.6 Å². The standard InChI is InChI=1S/C20H14FNO/c1-23-17-12-11-16-19(20(17)21)18(13-7-3-2-4-8-13)14-9-5-6-10-15(14)22-16/h2-12H,1H3. The number of hydrogen-bond donors (Lipinski definition) is 0. The smallest absolute Gasteiger partial charge is 0.175 e. The number of rotatable bonds is 2. The van der Waals surface area contributed by atoms with Crippen LogP contribution in [0.25, 0.3) is 32.9 Å². The Morgan fingerprint density at radius 3 is 2.35 bits per heavy atom. The number of para-hydroxylation sites is 1. The Morgan fingerprint density at radius 2 is 1.57 bits per heavy atom. The normalized spacial score (nSPS) is 11.0. The Bertz CT molecular complexity index is 1010. The molecular formula is C20H14FNO. The van der Waals surface area contributed by atoms with Crippen LogP contribution in [-0.2, 0) is 0 Å². The molecule has 0 amide bonds. The van der Waals surface area contributed by atoms with Crippen LogP contribution in [0, 0.1) is 5.82 Å². The van der Waals surface area contributed by atoms with Gasteiger partial charge >= 0.3 is 0 Å². The fourth-order valence-corrected chi connectivity index (χ4v) is 2.99. The molecular weight excluding hydrogens is 289 g/mol. The average Bonchev–Trinajstić information content (AvgIpc) is 2.61. The fraction of sp³-hybridized carbons (Fsp3) is 0.0500. The molecule has 0 radical (unpaired) electrons.